The highest BCUT2D eigenvalue weighted by Crippen LogP contribution is 2.26. The lowest BCUT2D eigenvalue weighted by atomic mass is 10.0. The number of benzene rings is 1. The van der Waals surface area contributed by atoms with Gasteiger partial charge in [0.2, 0.25) is 0 Å². The van der Waals surface area contributed by atoms with Crippen molar-refractivity contribution < 1.29 is 0 Å². The Labute approximate surface area is 104 Å². The Kier molecular flexibility index (Phi) is 3.36. The molecule has 0 saturated carbocycles. The molecule has 0 aliphatic heterocycles. The molecule has 86 valence electrons. The van der Waals surface area contributed by atoms with Gasteiger partial charge < -0.3 is 10.7 Å². The van der Waals surface area contributed by atoms with Crippen LogP contribution in [0, 0.1) is 6.92 Å². The zero-order chi connectivity index (χ0) is 11.7. The number of aryl methyl sites for hydroxylation is 2. The lowest BCUT2D eigenvalue weighted by Gasteiger charge is -2.05. The summed E-state index contributed by atoms with van der Waals surface area (Å²) in [5, 5.41) is 1.31. The van der Waals surface area contributed by atoms with Gasteiger partial charge in [-0.3, -0.25) is 0 Å². The van der Waals surface area contributed by atoms with E-state index in [-0.39, 0.29) is 6.04 Å². The Bertz CT molecular complexity index is 500. The van der Waals surface area contributed by atoms with Crippen molar-refractivity contribution in [3.8, 4) is 0 Å². The maximum Gasteiger partial charge on any atom is 0.0459 e. The van der Waals surface area contributed by atoms with E-state index in [9.17, 15) is 0 Å². The van der Waals surface area contributed by atoms with E-state index >= 15 is 0 Å². The third-order valence-electron chi connectivity index (χ3n) is 2.93. The second-order valence-electron chi connectivity index (χ2n) is 4.43. The second-order valence-corrected chi connectivity index (χ2v) is 5.35. The van der Waals surface area contributed by atoms with Crippen LogP contribution in [0.4, 0.5) is 0 Å². The van der Waals surface area contributed by atoms with Gasteiger partial charge in [-0.25, -0.2) is 0 Å². The molecule has 2 rings (SSSR count). The molecule has 1 heterocycles. The summed E-state index contributed by atoms with van der Waals surface area (Å²) in [6, 6.07) is 6.61. The molecule has 2 aromatic rings. The molecule has 1 aromatic heterocycles. The van der Waals surface area contributed by atoms with Crippen LogP contribution in [0.5, 0.6) is 0 Å². The summed E-state index contributed by atoms with van der Waals surface area (Å²) in [4.78, 5) is 3.42. The van der Waals surface area contributed by atoms with Crippen LogP contribution in [0.2, 0.25) is 0 Å². The average Bonchev–Trinajstić information content (AvgIpc) is 2.51. The lowest BCUT2D eigenvalue weighted by Crippen LogP contribution is -2.15. The summed E-state index contributed by atoms with van der Waals surface area (Å²) in [6.07, 6.45) is 2.07. The number of nitrogens with two attached hydrogens (primary N) is 1. The number of aromatic nitrogens is 1. The molecule has 3 heteroatoms. The number of rotatable bonds is 3. The fraction of sp³-hybridized carbons (Fsp3) is 0.385. The monoisotopic (exact) mass is 280 g/mol. The number of hydrogen-bond donors (Lipinski definition) is 2. The summed E-state index contributed by atoms with van der Waals surface area (Å²) < 4.78 is 1.13. The Morgan fingerprint density at radius 3 is 2.88 bits per heavy atom. The molecular formula is C13H17BrN2. The van der Waals surface area contributed by atoms with Gasteiger partial charge in [-0.1, -0.05) is 15.9 Å². The molecule has 0 spiro atoms. The Hall–Kier alpha value is -0.800. The molecule has 0 aliphatic carbocycles. The minimum atomic E-state index is 0.261. The summed E-state index contributed by atoms with van der Waals surface area (Å²) in [5.74, 6) is 0. The molecule has 0 saturated heterocycles. The highest BCUT2D eigenvalue weighted by Gasteiger charge is 2.09. The molecule has 2 nitrogen and oxygen atoms in total. The number of halogens is 1. The molecule has 0 bridgehead atoms. The SMILES string of the molecule is Cc1[nH]c2ccc(Br)cc2c1CCC(C)N. The Balaban J connectivity index is 2.42. The van der Waals surface area contributed by atoms with Gasteiger partial charge in [0.15, 0.2) is 0 Å². The van der Waals surface area contributed by atoms with Gasteiger partial charge in [0, 0.05) is 27.1 Å². The van der Waals surface area contributed by atoms with Crippen molar-refractivity contribution >= 4 is 26.8 Å². The quantitative estimate of drug-likeness (QED) is 0.888. The van der Waals surface area contributed by atoms with E-state index in [1.165, 1.54) is 22.2 Å². The minimum Gasteiger partial charge on any atom is -0.358 e. The highest BCUT2D eigenvalue weighted by atomic mass is 79.9. The number of H-pyrrole nitrogens is 1. The van der Waals surface area contributed by atoms with Crippen molar-refractivity contribution in [1.82, 2.24) is 4.98 Å². The summed E-state index contributed by atoms with van der Waals surface area (Å²) in [7, 11) is 0. The molecular weight excluding hydrogens is 264 g/mol. The van der Waals surface area contributed by atoms with E-state index in [4.69, 9.17) is 5.73 Å². The van der Waals surface area contributed by atoms with Crippen LogP contribution in [0.15, 0.2) is 22.7 Å². The Morgan fingerprint density at radius 2 is 2.19 bits per heavy atom. The van der Waals surface area contributed by atoms with Gasteiger partial charge in [-0.15, -0.1) is 0 Å². The van der Waals surface area contributed by atoms with Crippen LogP contribution in [0.1, 0.15) is 24.6 Å². The second kappa shape index (κ2) is 4.60. The van der Waals surface area contributed by atoms with E-state index in [0.29, 0.717) is 0 Å². The van der Waals surface area contributed by atoms with Crippen molar-refractivity contribution in [1.29, 1.82) is 0 Å². The van der Waals surface area contributed by atoms with E-state index in [1.807, 2.05) is 0 Å². The van der Waals surface area contributed by atoms with Crippen molar-refractivity contribution in [3.05, 3.63) is 33.9 Å². The third-order valence-corrected chi connectivity index (χ3v) is 3.42. The predicted octanol–water partition coefficient (Wildman–Crippen LogP) is 3.52. The smallest absolute Gasteiger partial charge is 0.0459 e. The molecule has 0 amide bonds. The summed E-state index contributed by atoms with van der Waals surface area (Å²) >= 11 is 3.52. The molecule has 3 N–H and O–H groups in total. The van der Waals surface area contributed by atoms with E-state index < -0.39 is 0 Å². The van der Waals surface area contributed by atoms with Crippen molar-refractivity contribution in [2.75, 3.05) is 0 Å². The molecule has 0 radical (unpaired) electrons. The van der Waals surface area contributed by atoms with Crippen LogP contribution in [0.3, 0.4) is 0 Å². The van der Waals surface area contributed by atoms with E-state index in [1.54, 1.807) is 0 Å². The first-order valence-corrected chi connectivity index (χ1v) is 6.39. The van der Waals surface area contributed by atoms with Crippen molar-refractivity contribution in [3.63, 3.8) is 0 Å². The first kappa shape index (κ1) is 11.7. The maximum atomic E-state index is 5.81. The van der Waals surface area contributed by atoms with Crippen LogP contribution in [-0.2, 0) is 6.42 Å². The standard InChI is InChI=1S/C13H17BrN2/c1-8(15)3-5-11-9(2)16-13-6-4-10(14)7-12(11)13/h4,6-8,16H,3,5,15H2,1-2H3. The van der Waals surface area contributed by atoms with Gasteiger partial charge in [-0.2, -0.15) is 0 Å². The number of aromatic amines is 1. The molecule has 0 aliphatic rings. The van der Waals surface area contributed by atoms with Crippen LogP contribution in [-0.4, -0.2) is 11.0 Å². The third kappa shape index (κ3) is 2.30. The van der Waals surface area contributed by atoms with Crippen LogP contribution in [0.25, 0.3) is 10.9 Å². The molecule has 1 unspecified atom stereocenters. The summed E-state index contributed by atoms with van der Waals surface area (Å²) in [5.41, 5.74) is 9.68. The van der Waals surface area contributed by atoms with Crippen molar-refractivity contribution in [2.24, 2.45) is 5.73 Å². The molecule has 1 aromatic carbocycles. The van der Waals surface area contributed by atoms with Crippen LogP contribution >= 0.6 is 15.9 Å². The Morgan fingerprint density at radius 1 is 1.44 bits per heavy atom. The molecule has 16 heavy (non-hydrogen) atoms. The van der Waals surface area contributed by atoms with Crippen molar-refractivity contribution in [2.45, 2.75) is 32.7 Å². The number of nitrogens with one attached hydrogen (secondary N) is 1. The predicted molar refractivity (Wildman–Crippen MR) is 72.7 cm³/mol. The zero-order valence-electron chi connectivity index (χ0n) is 9.68. The maximum absolute atomic E-state index is 5.81. The first-order valence-electron chi connectivity index (χ1n) is 5.60. The topological polar surface area (TPSA) is 41.8 Å². The lowest BCUT2D eigenvalue weighted by molar-refractivity contribution is 0.666. The fourth-order valence-electron chi connectivity index (χ4n) is 2.05. The highest BCUT2D eigenvalue weighted by molar-refractivity contribution is 9.10. The average molecular weight is 281 g/mol. The van der Waals surface area contributed by atoms with Gasteiger partial charge >= 0.3 is 0 Å². The fourth-order valence-corrected chi connectivity index (χ4v) is 2.41. The zero-order valence-corrected chi connectivity index (χ0v) is 11.3. The number of fused-ring (bicyclic) bond motifs is 1. The van der Waals surface area contributed by atoms with Gasteiger partial charge in [0.25, 0.3) is 0 Å². The minimum absolute atomic E-state index is 0.261. The van der Waals surface area contributed by atoms with Gasteiger partial charge in [0.1, 0.15) is 0 Å². The first-order chi connectivity index (χ1) is 7.58. The van der Waals surface area contributed by atoms with Gasteiger partial charge in [-0.05, 0) is 50.5 Å². The summed E-state index contributed by atoms with van der Waals surface area (Å²) in [6.45, 7) is 4.19. The molecule has 1 atom stereocenters. The number of hydrogen-bond acceptors (Lipinski definition) is 1. The molecule has 0 fully saturated rings. The van der Waals surface area contributed by atoms with E-state index in [0.717, 1.165) is 17.3 Å². The van der Waals surface area contributed by atoms with E-state index in [2.05, 4.69) is 53.0 Å². The van der Waals surface area contributed by atoms with Gasteiger partial charge in [0.05, 0.1) is 0 Å². The largest absolute Gasteiger partial charge is 0.358 e. The normalized spacial score (nSPS) is 13.2. The van der Waals surface area contributed by atoms with Crippen LogP contribution < -0.4 is 5.73 Å².